The van der Waals surface area contributed by atoms with Crippen molar-refractivity contribution in [3.8, 4) is 16.9 Å². The van der Waals surface area contributed by atoms with Gasteiger partial charge in [0.25, 0.3) is 0 Å². The van der Waals surface area contributed by atoms with E-state index in [4.69, 9.17) is 23.2 Å². The summed E-state index contributed by atoms with van der Waals surface area (Å²) >= 11 is 13.4. The molecule has 94 valence electrons. The van der Waals surface area contributed by atoms with Gasteiger partial charge in [-0.2, -0.15) is 0 Å². The Kier molecular flexibility index (Phi) is 4.27. The summed E-state index contributed by atoms with van der Waals surface area (Å²) in [6, 6.07) is 5.31. The Morgan fingerprint density at radius 2 is 1.94 bits per heavy atom. The van der Waals surface area contributed by atoms with Gasteiger partial charge in [0.05, 0.1) is 10.0 Å². The van der Waals surface area contributed by atoms with Gasteiger partial charge >= 0.3 is 0 Å². The van der Waals surface area contributed by atoms with Crippen LogP contribution < -0.4 is 0 Å². The van der Waals surface area contributed by atoms with Gasteiger partial charge in [-0.3, -0.25) is 0 Å². The van der Waals surface area contributed by atoms with Crippen LogP contribution in [0, 0.1) is 0 Å². The van der Waals surface area contributed by atoms with Crippen molar-refractivity contribution in [3.05, 3.63) is 38.5 Å². The second-order valence-corrected chi connectivity index (χ2v) is 5.57. The first-order valence-corrected chi connectivity index (χ1v) is 6.95. The van der Waals surface area contributed by atoms with E-state index in [-0.39, 0.29) is 15.8 Å². The number of aryl methyl sites for hydroxylation is 1. The molecule has 0 radical (unpaired) electrons. The van der Waals surface area contributed by atoms with Crippen LogP contribution in [-0.4, -0.2) is 11.4 Å². The molecule has 1 aromatic heterocycles. The van der Waals surface area contributed by atoms with Crippen molar-refractivity contribution in [3.63, 3.8) is 0 Å². The number of halogens is 2. The van der Waals surface area contributed by atoms with Crippen LogP contribution >= 0.6 is 34.5 Å². The van der Waals surface area contributed by atoms with Gasteiger partial charge in [-0.1, -0.05) is 23.2 Å². The average molecular weight is 301 g/mol. The largest absolute Gasteiger partial charge is 0.505 e. The fourth-order valence-electron chi connectivity index (χ4n) is 1.70. The molecule has 0 aliphatic carbocycles. The van der Waals surface area contributed by atoms with Crippen molar-refractivity contribution >= 4 is 40.8 Å². The number of benzene rings is 1. The zero-order valence-corrected chi connectivity index (χ0v) is 11.6. The summed E-state index contributed by atoms with van der Waals surface area (Å²) in [6.07, 6.45) is 2.10. The highest BCUT2D eigenvalue weighted by Crippen LogP contribution is 2.38. The van der Waals surface area contributed by atoms with Crippen molar-refractivity contribution in [2.75, 3.05) is 0 Å². The standard InChI is InChI=1S/C13H10Cl2O2S/c14-10-6-8(7-11(15)13(10)17)9-3-5-18-12(9)2-1-4-16/h3-7,17H,1-2H2. The van der Waals surface area contributed by atoms with E-state index >= 15 is 0 Å². The maximum Gasteiger partial charge on any atom is 0.152 e. The first-order chi connectivity index (χ1) is 8.63. The molecule has 18 heavy (non-hydrogen) atoms. The van der Waals surface area contributed by atoms with Crippen LogP contribution in [0.5, 0.6) is 5.75 Å². The Morgan fingerprint density at radius 3 is 2.56 bits per heavy atom. The lowest BCUT2D eigenvalue weighted by Gasteiger charge is -2.06. The summed E-state index contributed by atoms with van der Waals surface area (Å²) in [5.41, 5.74) is 1.86. The van der Waals surface area contributed by atoms with Gasteiger partial charge in [-0.05, 0) is 41.1 Å². The maximum atomic E-state index is 10.4. The molecule has 0 spiro atoms. The Hall–Kier alpha value is -1.03. The molecule has 5 heteroatoms. The van der Waals surface area contributed by atoms with Gasteiger partial charge in [0.1, 0.15) is 6.29 Å². The van der Waals surface area contributed by atoms with Crippen LogP contribution in [-0.2, 0) is 11.2 Å². The highest BCUT2D eigenvalue weighted by Gasteiger charge is 2.11. The molecule has 0 aliphatic heterocycles. The van der Waals surface area contributed by atoms with Crippen LogP contribution in [0.2, 0.25) is 10.0 Å². The number of carbonyl (C=O) groups is 1. The first-order valence-electron chi connectivity index (χ1n) is 5.32. The second-order valence-electron chi connectivity index (χ2n) is 3.75. The molecule has 0 saturated carbocycles. The molecule has 1 heterocycles. The SMILES string of the molecule is O=CCCc1sccc1-c1cc(Cl)c(O)c(Cl)c1. The van der Waals surface area contributed by atoms with E-state index in [0.29, 0.717) is 12.8 Å². The quantitative estimate of drug-likeness (QED) is 0.841. The molecule has 1 N–H and O–H groups in total. The highest BCUT2D eigenvalue weighted by atomic mass is 35.5. The Morgan fingerprint density at radius 1 is 1.28 bits per heavy atom. The Balaban J connectivity index is 2.42. The minimum Gasteiger partial charge on any atom is -0.505 e. The van der Waals surface area contributed by atoms with Crippen LogP contribution in [0.1, 0.15) is 11.3 Å². The Labute approximate surface area is 119 Å². The molecule has 0 aliphatic rings. The zero-order chi connectivity index (χ0) is 13.1. The topological polar surface area (TPSA) is 37.3 Å². The van der Waals surface area contributed by atoms with Gasteiger partial charge in [-0.15, -0.1) is 11.3 Å². The summed E-state index contributed by atoms with van der Waals surface area (Å²) in [5.74, 6) is -0.105. The molecule has 2 rings (SSSR count). The number of carbonyl (C=O) groups excluding carboxylic acids is 1. The molecule has 0 bridgehead atoms. The normalized spacial score (nSPS) is 10.6. The lowest BCUT2D eigenvalue weighted by Crippen LogP contribution is -1.86. The molecule has 0 unspecified atom stereocenters. The van der Waals surface area contributed by atoms with Gasteiger partial charge in [0.2, 0.25) is 0 Å². The molecular formula is C13H10Cl2O2S. The predicted octanol–water partition coefficient (Wildman–Crippen LogP) is 4.56. The minimum atomic E-state index is -0.105. The monoisotopic (exact) mass is 300 g/mol. The number of aromatic hydroxyl groups is 1. The molecule has 2 aromatic rings. The van der Waals surface area contributed by atoms with Crippen molar-refractivity contribution < 1.29 is 9.90 Å². The summed E-state index contributed by atoms with van der Waals surface area (Å²) in [6.45, 7) is 0. The lowest BCUT2D eigenvalue weighted by atomic mass is 10.0. The summed E-state index contributed by atoms with van der Waals surface area (Å²) in [7, 11) is 0. The fourth-order valence-corrected chi connectivity index (χ4v) is 3.11. The third-order valence-corrected chi connectivity index (χ3v) is 4.12. The second kappa shape index (κ2) is 5.74. The number of thiophene rings is 1. The molecule has 0 atom stereocenters. The van der Waals surface area contributed by atoms with Crippen molar-refractivity contribution in [1.82, 2.24) is 0 Å². The van der Waals surface area contributed by atoms with Crippen molar-refractivity contribution in [2.45, 2.75) is 12.8 Å². The highest BCUT2D eigenvalue weighted by molar-refractivity contribution is 7.10. The number of phenols is 1. The van der Waals surface area contributed by atoms with Gasteiger partial charge < -0.3 is 9.90 Å². The first kappa shape index (κ1) is 13.4. The predicted molar refractivity (Wildman–Crippen MR) is 75.8 cm³/mol. The third-order valence-electron chi connectivity index (χ3n) is 2.56. The van der Waals surface area contributed by atoms with E-state index < -0.39 is 0 Å². The number of hydrogen-bond donors (Lipinski definition) is 1. The van der Waals surface area contributed by atoms with E-state index in [1.165, 1.54) is 0 Å². The van der Waals surface area contributed by atoms with Gasteiger partial charge in [-0.25, -0.2) is 0 Å². The number of phenolic OH excluding ortho intramolecular Hbond substituents is 1. The van der Waals surface area contributed by atoms with Crippen molar-refractivity contribution in [2.24, 2.45) is 0 Å². The molecule has 1 aromatic carbocycles. The molecule has 0 amide bonds. The number of aldehydes is 1. The molecule has 2 nitrogen and oxygen atoms in total. The van der Waals surface area contributed by atoms with E-state index in [1.807, 2.05) is 11.4 Å². The summed E-state index contributed by atoms with van der Waals surface area (Å²) in [4.78, 5) is 11.5. The fraction of sp³-hybridized carbons (Fsp3) is 0.154. The number of hydrogen-bond acceptors (Lipinski definition) is 3. The minimum absolute atomic E-state index is 0.105. The molecular weight excluding hydrogens is 291 g/mol. The van der Waals surface area contributed by atoms with Crippen LogP contribution in [0.15, 0.2) is 23.6 Å². The smallest absolute Gasteiger partial charge is 0.152 e. The van der Waals surface area contributed by atoms with E-state index in [1.54, 1.807) is 23.5 Å². The van der Waals surface area contributed by atoms with Crippen LogP contribution in [0.4, 0.5) is 0 Å². The summed E-state index contributed by atoms with van der Waals surface area (Å²) < 4.78 is 0. The maximum absolute atomic E-state index is 10.4. The van der Waals surface area contributed by atoms with Crippen LogP contribution in [0.25, 0.3) is 11.1 Å². The Bertz CT molecular complexity index is 555. The van der Waals surface area contributed by atoms with Gasteiger partial charge in [0, 0.05) is 11.3 Å². The van der Waals surface area contributed by atoms with E-state index in [0.717, 1.165) is 22.3 Å². The lowest BCUT2D eigenvalue weighted by molar-refractivity contribution is -0.107. The average Bonchev–Trinajstić information content (AvgIpc) is 2.81. The molecule has 0 fully saturated rings. The van der Waals surface area contributed by atoms with E-state index in [9.17, 15) is 9.90 Å². The molecule has 0 saturated heterocycles. The summed E-state index contributed by atoms with van der Waals surface area (Å²) in [5, 5.41) is 11.9. The van der Waals surface area contributed by atoms with Gasteiger partial charge in [0.15, 0.2) is 5.75 Å². The van der Waals surface area contributed by atoms with E-state index in [2.05, 4.69) is 0 Å². The van der Waals surface area contributed by atoms with Crippen LogP contribution in [0.3, 0.4) is 0 Å². The number of rotatable bonds is 4. The zero-order valence-electron chi connectivity index (χ0n) is 9.32. The third kappa shape index (κ3) is 2.69. The van der Waals surface area contributed by atoms with Crippen molar-refractivity contribution in [1.29, 1.82) is 0 Å².